The van der Waals surface area contributed by atoms with Gasteiger partial charge in [0.25, 0.3) is 0 Å². The van der Waals surface area contributed by atoms with Crippen LogP contribution in [0.15, 0.2) is 16.8 Å². The summed E-state index contributed by atoms with van der Waals surface area (Å²) in [5, 5.41) is 2.85. The van der Waals surface area contributed by atoms with Crippen molar-refractivity contribution in [2.24, 2.45) is 22.2 Å². The fourth-order valence-electron chi connectivity index (χ4n) is 2.09. The Morgan fingerprint density at radius 1 is 1.19 bits per heavy atom. The number of rotatable bonds is 2. The third kappa shape index (κ3) is 2.71. The van der Waals surface area contributed by atoms with Gasteiger partial charge in [-0.25, -0.2) is 9.79 Å². The number of amides is 2. The van der Waals surface area contributed by atoms with Crippen LogP contribution in [0.25, 0.3) is 0 Å². The average Bonchev–Trinajstić information content (AvgIpc) is 2.22. The van der Waals surface area contributed by atoms with Gasteiger partial charge in [0.1, 0.15) is 0 Å². The van der Waals surface area contributed by atoms with Crippen LogP contribution in [0.2, 0.25) is 0 Å². The molecule has 1 aliphatic rings. The molecule has 2 amide bonds. The molecule has 0 aromatic heterocycles. The summed E-state index contributed by atoms with van der Waals surface area (Å²) >= 11 is 0. The van der Waals surface area contributed by atoms with E-state index in [0.717, 1.165) is 11.4 Å². The standard InChI is InChI=1S/C13H22N2O/c1-8(2)10-7-13(5,6)11(9(3)4)15-12(16)14-10/h7-9H,1-6H3,(H,14,16). The van der Waals surface area contributed by atoms with Crippen LogP contribution >= 0.6 is 0 Å². The number of nitrogens with one attached hydrogen (secondary N) is 1. The van der Waals surface area contributed by atoms with Crippen molar-refractivity contribution in [1.82, 2.24) is 5.32 Å². The predicted molar refractivity (Wildman–Crippen MR) is 67.5 cm³/mol. The molecule has 0 unspecified atom stereocenters. The molecule has 0 aromatic rings. The molecule has 0 aromatic carbocycles. The minimum absolute atomic E-state index is 0.160. The fourth-order valence-corrected chi connectivity index (χ4v) is 2.09. The molecule has 0 bridgehead atoms. The molecule has 1 aliphatic heterocycles. The number of urea groups is 1. The highest BCUT2D eigenvalue weighted by atomic mass is 16.2. The molecule has 0 atom stereocenters. The third-order valence-corrected chi connectivity index (χ3v) is 2.82. The van der Waals surface area contributed by atoms with E-state index in [9.17, 15) is 4.79 Å². The summed E-state index contributed by atoms with van der Waals surface area (Å²) in [6.07, 6.45) is 2.13. The van der Waals surface area contributed by atoms with E-state index in [-0.39, 0.29) is 17.4 Å². The molecule has 16 heavy (non-hydrogen) atoms. The maximum absolute atomic E-state index is 11.7. The molecule has 0 radical (unpaired) electrons. The number of carbonyl (C=O) groups is 1. The van der Waals surface area contributed by atoms with Crippen molar-refractivity contribution in [2.45, 2.75) is 41.5 Å². The van der Waals surface area contributed by atoms with E-state index < -0.39 is 0 Å². The molecule has 0 saturated carbocycles. The molecule has 1 N–H and O–H groups in total. The first-order valence-electron chi connectivity index (χ1n) is 5.87. The van der Waals surface area contributed by atoms with Crippen molar-refractivity contribution in [3.05, 3.63) is 11.8 Å². The summed E-state index contributed by atoms with van der Waals surface area (Å²) in [7, 11) is 0. The van der Waals surface area contributed by atoms with E-state index in [0.29, 0.717) is 5.92 Å². The number of allylic oxidation sites excluding steroid dienone is 2. The molecule has 1 heterocycles. The van der Waals surface area contributed by atoms with Crippen molar-refractivity contribution in [3.63, 3.8) is 0 Å². The first-order valence-corrected chi connectivity index (χ1v) is 5.87. The van der Waals surface area contributed by atoms with Gasteiger partial charge in [0.05, 0.1) is 0 Å². The molecule has 0 spiro atoms. The lowest BCUT2D eigenvalue weighted by Crippen LogP contribution is -2.27. The van der Waals surface area contributed by atoms with E-state index in [1.54, 1.807) is 0 Å². The lowest BCUT2D eigenvalue weighted by atomic mass is 9.80. The van der Waals surface area contributed by atoms with Gasteiger partial charge in [0.2, 0.25) is 0 Å². The maximum atomic E-state index is 11.7. The van der Waals surface area contributed by atoms with E-state index in [4.69, 9.17) is 0 Å². The second-order valence-corrected chi connectivity index (χ2v) is 5.56. The molecular formula is C13H22N2O. The Kier molecular flexibility index (Phi) is 3.56. The van der Waals surface area contributed by atoms with Crippen molar-refractivity contribution in [2.75, 3.05) is 0 Å². The largest absolute Gasteiger partial charge is 0.345 e. The minimum Gasteiger partial charge on any atom is -0.310 e. The lowest BCUT2D eigenvalue weighted by Gasteiger charge is -2.25. The Balaban J connectivity index is 3.20. The van der Waals surface area contributed by atoms with Crippen molar-refractivity contribution in [1.29, 1.82) is 0 Å². The van der Waals surface area contributed by atoms with Gasteiger partial charge in [-0.1, -0.05) is 47.6 Å². The number of aliphatic imine (C=N–C) groups is 1. The quantitative estimate of drug-likeness (QED) is 0.764. The molecule has 1 rings (SSSR count). The fraction of sp³-hybridized carbons (Fsp3) is 0.692. The van der Waals surface area contributed by atoms with Gasteiger partial charge in [0, 0.05) is 16.8 Å². The number of carbonyl (C=O) groups excluding carboxylic acids is 1. The summed E-state index contributed by atoms with van der Waals surface area (Å²) < 4.78 is 0. The number of hydrogen-bond donors (Lipinski definition) is 1. The van der Waals surface area contributed by atoms with Crippen LogP contribution in [-0.2, 0) is 0 Å². The highest BCUT2D eigenvalue weighted by Crippen LogP contribution is 2.29. The first-order chi connectivity index (χ1) is 7.24. The number of nitrogens with zero attached hydrogens (tertiary/aromatic N) is 1. The van der Waals surface area contributed by atoms with Gasteiger partial charge < -0.3 is 5.32 Å². The summed E-state index contributed by atoms with van der Waals surface area (Å²) in [6, 6.07) is -0.241. The smallest absolute Gasteiger partial charge is 0.310 e. The summed E-state index contributed by atoms with van der Waals surface area (Å²) in [5.41, 5.74) is 1.75. The van der Waals surface area contributed by atoms with E-state index in [2.05, 4.69) is 57.9 Å². The van der Waals surface area contributed by atoms with Crippen LogP contribution < -0.4 is 5.32 Å². The Morgan fingerprint density at radius 3 is 2.19 bits per heavy atom. The first kappa shape index (κ1) is 12.9. The van der Waals surface area contributed by atoms with Crippen LogP contribution in [0.1, 0.15) is 41.5 Å². The van der Waals surface area contributed by atoms with Gasteiger partial charge in [-0.3, -0.25) is 0 Å². The monoisotopic (exact) mass is 222 g/mol. The molecule has 3 nitrogen and oxygen atoms in total. The van der Waals surface area contributed by atoms with Crippen molar-refractivity contribution < 1.29 is 4.79 Å². The highest BCUT2D eigenvalue weighted by Gasteiger charge is 2.29. The highest BCUT2D eigenvalue weighted by molar-refractivity contribution is 6.01. The van der Waals surface area contributed by atoms with Crippen LogP contribution in [0.4, 0.5) is 4.79 Å². The zero-order valence-corrected chi connectivity index (χ0v) is 11.1. The third-order valence-electron chi connectivity index (χ3n) is 2.82. The second-order valence-electron chi connectivity index (χ2n) is 5.56. The maximum Gasteiger partial charge on any atom is 0.345 e. The van der Waals surface area contributed by atoms with Gasteiger partial charge in [0.15, 0.2) is 0 Å². The van der Waals surface area contributed by atoms with Gasteiger partial charge in [-0.05, 0) is 11.8 Å². The molecule has 0 saturated heterocycles. The normalized spacial score (nSPS) is 20.4. The molecule has 0 fully saturated rings. The van der Waals surface area contributed by atoms with E-state index in [1.807, 2.05) is 0 Å². The van der Waals surface area contributed by atoms with Gasteiger partial charge >= 0.3 is 6.03 Å². The Bertz CT molecular complexity index is 349. The average molecular weight is 222 g/mol. The van der Waals surface area contributed by atoms with Crippen LogP contribution in [0, 0.1) is 17.3 Å². The van der Waals surface area contributed by atoms with Crippen molar-refractivity contribution >= 4 is 11.7 Å². The molecule has 0 aliphatic carbocycles. The summed E-state index contributed by atoms with van der Waals surface area (Å²) in [6.45, 7) is 12.5. The van der Waals surface area contributed by atoms with E-state index >= 15 is 0 Å². The Morgan fingerprint density at radius 2 is 1.75 bits per heavy atom. The second kappa shape index (κ2) is 4.40. The minimum atomic E-state index is -0.241. The van der Waals surface area contributed by atoms with Crippen LogP contribution in [0.5, 0.6) is 0 Å². The van der Waals surface area contributed by atoms with Crippen LogP contribution in [-0.4, -0.2) is 11.7 Å². The van der Waals surface area contributed by atoms with Crippen molar-refractivity contribution in [3.8, 4) is 0 Å². The summed E-state index contributed by atoms with van der Waals surface area (Å²) in [4.78, 5) is 15.8. The molecule has 3 heteroatoms. The topological polar surface area (TPSA) is 41.5 Å². The predicted octanol–water partition coefficient (Wildman–Crippen LogP) is 3.37. The van der Waals surface area contributed by atoms with Gasteiger partial charge in [-0.2, -0.15) is 0 Å². The zero-order chi connectivity index (χ0) is 12.5. The number of hydrogen-bond acceptors (Lipinski definition) is 1. The molecular weight excluding hydrogens is 200 g/mol. The SMILES string of the molecule is CC(C)C1=CC(C)(C)C(C(C)C)=NC(=O)N1. The van der Waals surface area contributed by atoms with Gasteiger partial charge in [-0.15, -0.1) is 0 Å². The zero-order valence-electron chi connectivity index (χ0n) is 11.1. The summed E-state index contributed by atoms with van der Waals surface area (Å²) in [5.74, 6) is 0.591. The molecule has 90 valence electrons. The van der Waals surface area contributed by atoms with Crippen LogP contribution in [0.3, 0.4) is 0 Å². The lowest BCUT2D eigenvalue weighted by molar-refractivity contribution is 0.250. The Hall–Kier alpha value is -1.12. The Labute approximate surface area is 98.0 Å². The van der Waals surface area contributed by atoms with E-state index in [1.165, 1.54) is 0 Å².